The first-order chi connectivity index (χ1) is 14.1. The number of carbonyl (C=O) groups is 1. The molecule has 0 aliphatic heterocycles. The molecule has 0 aliphatic carbocycles. The van der Waals surface area contributed by atoms with E-state index in [0.717, 1.165) is 16.8 Å². The fourth-order valence-electron chi connectivity index (χ4n) is 2.86. The molecule has 0 spiro atoms. The number of carbonyl (C=O) groups excluding carboxylic acids is 1. The van der Waals surface area contributed by atoms with Gasteiger partial charge in [-0.05, 0) is 59.7 Å². The Labute approximate surface area is 169 Å². The third-order valence-corrected chi connectivity index (χ3v) is 4.39. The van der Waals surface area contributed by atoms with Gasteiger partial charge in [0.15, 0.2) is 11.5 Å². The molecule has 6 heteroatoms. The SMILES string of the molecule is COc1ccc(CNc2ccc(NC(=O)Cc3ccc(F)cc3)cc2)cc1OC. The predicted octanol–water partition coefficient (Wildman–Crippen LogP) is 4.64. The van der Waals surface area contributed by atoms with Crippen molar-refractivity contribution in [2.75, 3.05) is 24.9 Å². The zero-order chi connectivity index (χ0) is 20.6. The molecule has 150 valence electrons. The van der Waals surface area contributed by atoms with Gasteiger partial charge in [0.2, 0.25) is 5.91 Å². The smallest absolute Gasteiger partial charge is 0.228 e. The molecule has 3 rings (SSSR count). The Hall–Kier alpha value is -3.54. The molecular weight excluding hydrogens is 371 g/mol. The number of hydrogen-bond acceptors (Lipinski definition) is 4. The predicted molar refractivity (Wildman–Crippen MR) is 112 cm³/mol. The first kappa shape index (κ1) is 20.2. The second-order valence-corrected chi connectivity index (χ2v) is 6.47. The van der Waals surface area contributed by atoms with Crippen LogP contribution in [0.15, 0.2) is 66.7 Å². The van der Waals surface area contributed by atoms with Gasteiger partial charge in [-0.1, -0.05) is 18.2 Å². The van der Waals surface area contributed by atoms with Crippen molar-refractivity contribution in [2.45, 2.75) is 13.0 Å². The average Bonchev–Trinajstić information content (AvgIpc) is 2.74. The van der Waals surface area contributed by atoms with Crippen molar-refractivity contribution in [2.24, 2.45) is 0 Å². The number of halogens is 1. The molecule has 0 bridgehead atoms. The topological polar surface area (TPSA) is 59.6 Å². The van der Waals surface area contributed by atoms with Crippen molar-refractivity contribution in [1.82, 2.24) is 0 Å². The lowest BCUT2D eigenvalue weighted by molar-refractivity contribution is -0.115. The number of ether oxygens (including phenoxy) is 2. The minimum atomic E-state index is -0.315. The summed E-state index contributed by atoms with van der Waals surface area (Å²) in [6, 6.07) is 19.1. The third kappa shape index (κ3) is 5.72. The van der Waals surface area contributed by atoms with E-state index in [1.54, 1.807) is 26.4 Å². The zero-order valence-electron chi connectivity index (χ0n) is 16.4. The number of methoxy groups -OCH3 is 2. The standard InChI is InChI=1S/C23H23FN2O3/c1-28-21-12-5-17(13-22(21)29-2)15-25-19-8-10-20(11-9-19)26-23(27)14-16-3-6-18(24)7-4-16/h3-13,25H,14-15H2,1-2H3,(H,26,27). The fraction of sp³-hybridized carbons (Fsp3) is 0.174. The highest BCUT2D eigenvalue weighted by molar-refractivity contribution is 5.92. The van der Waals surface area contributed by atoms with E-state index in [0.29, 0.717) is 23.7 Å². The molecular formula is C23H23FN2O3. The number of hydrogen-bond donors (Lipinski definition) is 2. The number of nitrogens with one attached hydrogen (secondary N) is 2. The number of benzene rings is 3. The van der Waals surface area contributed by atoms with Crippen LogP contribution in [0.4, 0.5) is 15.8 Å². The van der Waals surface area contributed by atoms with E-state index in [4.69, 9.17) is 9.47 Å². The normalized spacial score (nSPS) is 10.3. The first-order valence-corrected chi connectivity index (χ1v) is 9.16. The van der Waals surface area contributed by atoms with Crippen LogP contribution >= 0.6 is 0 Å². The van der Waals surface area contributed by atoms with Gasteiger partial charge in [-0.2, -0.15) is 0 Å². The molecule has 0 unspecified atom stereocenters. The molecule has 3 aromatic rings. The van der Waals surface area contributed by atoms with Gasteiger partial charge in [-0.15, -0.1) is 0 Å². The highest BCUT2D eigenvalue weighted by atomic mass is 19.1. The molecule has 0 aromatic heterocycles. The largest absolute Gasteiger partial charge is 0.493 e. The summed E-state index contributed by atoms with van der Waals surface area (Å²) >= 11 is 0. The first-order valence-electron chi connectivity index (χ1n) is 9.16. The van der Waals surface area contributed by atoms with Crippen LogP contribution in [0.5, 0.6) is 11.5 Å². The molecule has 0 fully saturated rings. The molecule has 3 aromatic carbocycles. The minimum absolute atomic E-state index is 0.150. The van der Waals surface area contributed by atoms with Gasteiger partial charge >= 0.3 is 0 Å². The maximum absolute atomic E-state index is 12.9. The zero-order valence-corrected chi connectivity index (χ0v) is 16.4. The summed E-state index contributed by atoms with van der Waals surface area (Å²) in [6.45, 7) is 0.622. The summed E-state index contributed by atoms with van der Waals surface area (Å²) in [5, 5.41) is 6.17. The van der Waals surface area contributed by atoms with Gasteiger partial charge in [0, 0.05) is 17.9 Å². The Morgan fingerprint density at radius 1 is 0.828 bits per heavy atom. The van der Waals surface area contributed by atoms with Crippen LogP contribution in [0.1, 0.15) is 11.1 Å². The van der Waals surface area contributed by atoms with E-state index in [9.17, 15) is 9.18 Å². The quantitative estimate of drug-likeness (QED) is 0.585. The van der Waals surface area contributed by atoms with Crippen molar-refractivity contribution in [3.63, 3.8) is 0 Å². The molecule has 0 saturated heterocycles. The van der Waals surface area contributed by atoms with E-state index in [1.807, 2.05) is 42.5 Å². The van der Waals surface area contributed by atoms with Gasteiger partial charge in [0.05, 0.1) is 20.6 Å². The van der Waals surface area contributed by atoms with Gasteiger partial charge in [0.1, 0.15) is 5.82 Å². The van der Waals surface area contributed by atoms with E-state index >= 15 is 0 Å². The number of amides is 1. The van der Waals surface area contributed by atoms with Gasteiger partial charge in [-0.25, -0.2) is 4.39 Å². The summed E-state index contributed by atoms with van der Waals surface area (Å²) in [5.41, 5.74) is 3.45. The Balaban J connectivity index is 1.53. The van der Waals surface area contributed by atoms with Crippen LogP contribution in [-0.4, -0.2) is 20.1 Å². The molecule has 5 nitrogen and oxygen atoms in total. The van der Waals surface area contributed by atoms with E-state index in [1.165, 1.54) is 12.1 Å². The van der Waals surface area contributed by atoms with Gasteiger partial charge in [0.25, 0.3) is 0 Å². The second kappa shape index (κ2) is 9.59. The maximum atomic E-state index is 12.9. The molecule has 1 amide bonds. The van der Waals surface area contributed by atoms with Crippen LogP contribution < -0.4 is 20.1 Å². The highest BCUT2D eigenvalue weighted by Crippen LogP contribution is 2.28. The van der Waals surface area contributed by atoms with Crippen molar-refractivity contribution in [3.05, 3.63) is 83.7 Å². The molecule has 0 atom stereocenters. The summed E-state index contributed by atoms with van der Waals surface area (Å²) in [6.07, 6.45) is 0.194. The van der Waals surface area contributed by atoms with Crippen LogP contribution in [0.2, 0.25) is 0 Å². The lowest BCUT2D eigenvalue weighted by Crippen LogP contribution is -2.14. The number of anilines is 2. The van der Waals surface area contributed by atoms with E-state index in [-0.39, 0.29) is 18.1 Å². The summed E-state index contributed by atoms with van der Waals surface area (Å²) in [5.74, 6) is 0.913. The Kier molecular flexibility index (Phi) is 6.68. The van der Waals surface area contributed by atoms with Gasteiger partial charge in [-0.3, -0.25) is 4.79 Å². The van der Waals surface area contributed by atoms with Crippen molar-refractivity contribution in [3.8, 4) is 11.5 Å². The lowest BCUT2D eigenvalue weighted by Gasteiger charge is -2.11. The summed E-state index contributed by atoms with van der Waals surface area (Å²) in [4.78, 5) is 12.1. The van der Waals surface area contributed by atoms with Crippen LogP contribution in [0.3, 0.4) is 0 Å². The van der Waals surface area contributed by atoms with Crippen LogP contribution in [-0.2, 0) is 17.8 Å². The van der Waals surface area contributed by atoms with E-state index < -0.39 is 0 Å². The lowest BCUT2D eigenvalue weighted by atomic mass is 10.1. The van der Waals surface area contributed by atoms with Crippen molar-refractivity contribution < 1.29 is 18.7 Å². The van der Waals surface area contributed by atoms with Crippen molar-refractivity contribution in [1.29, 1.82) is 0 Å². The molecule has 0 aliphatic rings. The van der Waals surface area contributed by atoms with Gasteiger partial charge < -0.3 is 20.1 Å². The maximum Gasteiger partial charge on any atom is 0.228 e. The Morgan fingerprint density at radius 3 is 2.10 bits per heavy atom. The fourth-order valence-corrected chi connectivity index (χ4v) is 2.86. The molecule has 2 N–H and O–H groups in total. The van der Waals surface area contributed by atoms with Crippen molar-refractivity contribution >= 4 is 17.3 Å². The average molecular weight is 394 g/mol. The van der Waals surface area contributed by atoms with E-state index in [2.05, 4.69) is 10.6 Å². The van der Waals surface area contributed by atoms with Crippen LogP contribution in [0.25, 0.3) is 0 Å². The minimum Gasteiger partial charge on any atom is -0.493 e. The Morgan fingerprint density at radius 2 is 1.45 bits per heavy atom. The summed E-state index contributed by atoms with van der Waals surface area (Å²) < 4.78 is 23.5. The molecule has 29 heavy (non-hydrogen) atoms. The second-order valence-electron chi connectivity index (χ2n) is 6.47. The third-order valence-electron chi connectivity index (χ3n) is 4.39. The Bertz CT molecular complexity index is 957. The molecule has 0 saturated carbocycles. The van der Waals surface area contributed by atoms with Crippen LogP contribution in [0, 0.1) is 5.82 Å². The molecule has 0 radical (unpaired) electrons. The number of rotatable bonds is 8. The monoisotopic (exact) mass is 394 g/mol. The molecule has 0 heterocycles. The highest BCUT2D eigenvalue weighted by Gasteiger charge is 2.06. The summed E-state index contributed by atoms with van der Waals surface area (Å²) in [7, 11) is 3.22.